The van der Waals surface area contributed by atoms with Gasteiger partial charge in [-0.1, -0.05) is 24.3 Å². The Morgan fingerprint density at radius 2 is 2.07 bits per heavy atom. The van der Waals surface area contributed by atoms with Crippen LogP contribution >= 0.6 is 0 Å². The second-order valence-electron chi connectivity index (χ2n) is 7.84. The minimum atomic E-state index is 0.0715. The third kappa shape index (κ3) is 3.48. The fraction of sp³-hybridized carbons (Fsp3) is 0.476. The Labute approximate surface area is 166 Å². The number of hydrogen-bond donors (Lipinski definition) is 1. The van der Waals surface area contributed by atoms with Crippen LogP contribution in [-0.4, -0.2) is 59.8 Å². The smallest absolute Gasteiger partial charge is 0.246 e. The zero-order valence-corrected chi connectivity index (χ0v) is 16.9. The molecule has 1 saturated heterocycles. The second-order valence-corrected chi connectivity index (χ2v) is 7.84. The molecule has 1 aliphatic heterocycles. The maximum atomic E-state index is 12.7. The summed E-state index contributed by atoms with van der Waals surface area (Å²) < 4.78 is 1.72. The van der Waals surface area contributed by atoms with Gasteiger partial charge < -0.3 is 15.1 Å². The SMILES string of the molecule is CN=C(NCC1(c2ccccc2C)CC1)N1CCN(c2cnn(C)c2)C(=O)C1. The highest BCUT2D eigenvalue weighted by molar-refractivity contribution is 5.98. The molecule has 1 aromatic heterocycles. The normalized spacial score (nSPS) is 19.1. The molecule has 2 heterocycles. The Balaban J connectivity index is 1.39. The summed E-state index contributed by atoms with van der Waals surface area (Å²) in [6.07, 6.45) is 5.99. The number of aromatic nitrogens is 2. The molecule has 0 unspecified atom stereocenters. The van der Waals surface area contributed by atoms with Crippen LogP contribution in [0.5, 0.6) is 0 Å². The number of nitrogens with zero attached hydrogens (tertiary/aromatic N) is 5. The molecule has 1 saturated carbocycles. The molecule has 1 aromatic carbocycles. The van der Waals surface area contributed by atoms with Crippen LogP contribution in [0.3, 0.4) is 0 Å². The van der Waals surface area contributed by atoms with Gasteiger partial charge in [0.2, 0.25) is 5.91 Å². The number of hydrogen-bond acceptors (Lipinski definition) is 3. The molecule has 28 heavy (non-hydrogen) atoms. The van der Waals surface area contributed by atoms with Crippen molar-refractivity contribution >= 4 is 17.6 Å². The third-order valence-electron chi connectivity index (χ3n) is 5.89. The summed E-state index contributed by atoms with van der Waals surface area (Å²) in [5.74, 6) is 0.876. The van der Waals surface area contributed by atoms with Crippen molar-refractivity contribution < 1.29 is 4.79 Å². The lowest BCUT2D eigenvalue weighted by Crippen LogP contribution is -2.56. The van der Waals surface area contributed by atoms with Crippen LogP contribution in [0.15, 0.2) is 41.7 Å². The molecule has 7 heteroatoms. The Bertz CT molecular complexity index is 898. The largest absolute Gasteiger partial charge is 0.355 e. The monoisotopic (exact) mass is 380 g/mol. The van der Waals surface area contributed by atoms with E-state index >= 15 is 0 Å². The molecule has 0 radical (unpaired) electrons. The van der Waals surface area contributed by atoms with Crippen molar-refractivity contribution in [2.24, 2.45) is 12.0 Å². The molecule has 1 N–H and O–H groups in total. The Hall–Kier alpha value is -2.83. The number of nitrogens with one attached hydrogen (secondary N) is 1. The highest BCUT2D eigenvalue weighted by atomic mass is 16.2. The average molecular weight is 380 g/mol. The molecule has 0 atom stereocenters. The van der Waals surface area contributed by atoms with Crippen LogP contribution in [0.1, 0.15) is 24.0 Å². The van der Waals surface area contributed by atoms with Gasteiger partial charge in [0.25, 0.3) is 0 Å². The highest BCUT2D eigenvalue weighted by Gasteiger charge is 2.45. The Kier molecular flexibility index (Phi) is 4.83. The predicted molar refractivity (Wildman–Crippen MR) is 111 cm³/mol. The van der Waals surface area contributed by atoms with E-state index in [1.165, 1.54) is 24.0 Å². The number of guanidine groups is 1. The van der Waals surface area contributed by atoms with Crippen LogP contribution < -0.4 is 10.2 Å². The van der Waals surface area contributed by atoms with Crippen LogP contribution in [0.25, 0.3) is 0 Å². The molecular formula is C21H28N6O. The van der Waals surface area contributed by atoms with E-state index in [2.05, 4.69) is 46.6 Å². The van der Waals surface area contributed by atoms with Crippen molar-refractivity contribution in [3.8, 4) is 0 Å². The van der Waals surface area contributed by atoms with Crippen molar-refractivity contribution in [2.45, 2.75) is 25.2 Å². The van der Waals surface area contributed by atoms with E-state index in [0.29, 0.717) is 13.1 Å². The van der Waals surface area contributed by atoms with Gasteiger partial charge in [-0.3, -0.25) is 14.5 Å². The Morgan fingerprint density at radius 1 is 1.29 bits per heavy atom. The van der Waals surface area contributed by atoms with E-state index in [1.54, 1.807) is 22.8 Å². The number of anilines is 1. The first-order valence-electron chi connectivity index (χ1n) is 9.83. The molecule has 1 amide bonds. The lowest BCUT2D eigenvalue weighted by molar-refractivity contribution is -0.120. The molecule has 0 spiro atoms. The molecule has 7 nitrogen and oxygen atoms in total. The summed E-state index contributed by atoms with van der Waals surface area (Å²) in [6.45, 7) is 4.74. The van der Waals surface area contributed by atoms with Crippen molar-refractivity contribution in [1.82, 2.24) is 20.0 Å². The number of carbonyl (C=O) groups excluding carboxylic acids is 1. The van der Waals surface area contributed by atoms with E-state index in [1.807, 2.05) is 18.1 Å². The summed E-state index contributed by atoms with van der Waals surface area (Å²) in [5.41, 5.74) is 3.82. The van der Waals surface area contributed by atoms with E-state index in [-0.39, 0.29) is 11.3 Å². The summed E-state index contributed by atoms with van der Waals surface area (Å²) in [5, 5.41) is 7.70. The fourth-order valence-electron chi connectivity index (χ4n) is 4.12. The van der Waals surface area contributed by atoms with Gasteiger partial charge in [0.05, 0.1) is 11.9 Å². The maximum absolute atomic E-state index is 12.7. The molecule has 4 rings (SSSR count). The molecular weight excluding hydrogens is 352 g/mol. The molecule has 1 aliphatic carbocycles. The molecule has 2 aliphatic rings. The number of rotatable bonds is 4. The average Bonchev–Trinajstić information content (AvgIpc) is 3.35. The van der Waals surface area contributed by atoms with Crippen LogP contribution in [0, 0.1) is 6.92 Å². The van der Waals surface area contributed by atoms with Gasteiger partial charge in [-0.15, -0.1) is 0 Å². The lowest BCUT2D eigenvalue weighted by atomic mass is 9.92. The zero-order chi connectivity index (χ0) is 19.7. The molecule has 2 aromatic rings. The van der Waals surface area contributed by atoms with Gasteiger partial charge in [0.15, 0.2) is 5.96 Å². The minimum Gasteiger partial charge on any atom is -0.355 e. The van der Waals surface area contributed by atoms with E-state index in [9.17, 15) is 4.79 Å². The summed E-state index contributed by atoms with van der Waals surface area (Å²) >= 11 is 0. The minimum absolute atomic E-state index is 0.0715. The third-order valence-corrected chi connectivity index (χ3v) is 5.89. The van der Waals surface area contributed by atoms with Gasteiger partial charge in [0.1, 0.15) is 6.54 Å². The number of amides is 1. The predicted octanol–water partition coefficient (Wildman–Crippen LogP) is 1.68. The van der Waals surface area contributed by atoms with E-state index in [0.717, 1.165) is 24.7 Å². The first kappa shape index (κ1) is 18.5. The Morgan fingerprint density at radius 3 is 2.68 bits per heavy atom. The summed E-state index contributed by atoms with van der Waals surface area (Å²) in [6, 6.07) is 8.63. The topological polar surface area (TPSA) is 65.8 Å². The fourth-order valence-corrected chi connectivity index (χ4v) is 4.12. The molecule has 0 bridgehead atoms. The van der Waals surface area contributed by atoms with E-state index in [4.69, 9.17) is 0 Å². The van der Waals surface area contributed by atoms with Gasteiger partial charge in [-0.2, -0.15) is 5.10 Å². The van der Waals surface area contributed by atoms with Crippen molar-refractivity contribution in [2.75, 3.05) is 38.1 Å². The number of piperazine rings is 1. The van der Waals surface area contributed by atoms with Crippen molar-refractivity contribution in [3.05, 3.63) is 47.8 Å². The number of aliphatic imine (C=N–C) groups is 1. The summed E-state index contributed by atoms with van der Waals surface area (Å²) in [4.78, 5) is 21.0. The lowest BCUT2D eigenvalue weighted by Gasteiger charge is -2.36. The molecule has 148 valence electrons. The van der Waals surface area contributed by atoms with Gasteiger partial charge in [0, 0.05) is 45.3 Å². The number of aryl methyl sites for hydroxylation is 2. The van der Waals surface area contributed by atoms with E-state index < -0.39 is 0 Å². The zero-order valence-electron chi connectivity index (χ0n) is 16.9. The van der Waals surface area contributed by atoms with Crippen molar-refractivity contribution in [3.63, 3.8) is 0 Å². The first-order chi connectivity index (χ1) is 13.5. The first-order valence-corrected chi connectivity index (χ1v) is 9.83. The second kappa shape index (κ2) is 7.30. The highest BCUT2D eigenvalue weighted by Crippen LogP contribution is 2.48. The van der Waals surface area contributed by atoms with Gasteiger partial charge in [-0.05, 0) is 30.9 Å². The van der Waals surface area contributed by atoms with Crippen molar-refractivity contribution in [1.29, 1.82) is 0 Å². The van der Waals surface area contributed by atoms with Crippen LogP contribution in [-0.2, 0) is 17.3 Å². The van der Waals surface area contributed by atoms with Crippen LogP contribution in [0.2, 0.25) is 0 Å². The van der Waals surface area contributed by atoms with Gasteiger partial charge >= 0.3 is 0 Å². The summed E-state index contributed by atoms with van der Waals surface area (Å²) in [7, 11) is 3.64. The van der Waals surface area contributed by atoms with Gasteiger partial charge in [-0.25, -0.2) is 0 Å². The maximum Gasteiger partial charge on any atom is 0.246 e. The standard InChI is InChI=1S/C21H28N6O/c1-16-6-4-5-7-18(16)21(8-9-21)15-23-20(22-2)26-10-11-27(19(28)14-26)17-12-24-25(3)13-17/h4-7,12-13H,8-11,14-15H2,1-3H3,(H,22,23). The number of benzene rings is 1. The van der Waals surface area contributed by atoms with Crippen LogP contribution in [0.4, 0.5) is 5.69 Å². The molecule has 2 fully saturated rings. The quantitative estimate of drug-likeness (QED) is 0.648. The number of carbonyl (C=O) groups is 1.